The van der Waals surface area contributed by atoms with Crippen molar-refractivity contribution in [2.75, 3.05) is 0 Å². The average Bonchev–Trinajstić information content (AvgIpc) is 2.10. The van der Waals surface area contributed by atoms with E-state index in [0.717, 1.165) is 0 Å². The van der Waals surface area contributed by atoms with Crippen LogP contribution in [0.4, 0.5) is 4.79 Å². The molecular formula is C11H19NO4S. The lowest BCUT2D eigenvalue weighted by atomic mass is 10.1. The van der Waals surface area contributed by atoms with Gasteiger partial charge in [-0.2, -0.15) is 0 Å². The SMILES string of the molecule is C[C@H](NC(=O)OC(C)(C)C)C(=O)CCC(=O)S. The number of thiol groups is 1. The first kappa shape index (κ1) is 16.0. The molecule has 0 aliphatic heterocycles. The van der Waals surface area contributed by atoms with Crippen LogP contribution in [0, 0.1) is 0 Å². The van der Waals surface area contributed by atoms with E-state index in [0.29, 0.717) is 0 Å². The lowest BCUT2D eigenvalue weighted by molar-refractivity contribution is -0.122. The monoisotopic (exact) mass is 261 g/mol. The molecule has 5 nitrogen and oxygen atoms in total. The lowest BCUT2D eigenvalue weighted by Crippen LogP contribution is -2.41. The normalized spacial score (nSPS) is 12.8. The van der Waals surface area contributed by atoms with Crippen molar-refractivity contribution in [2.45, 2.75) is 52.2 Å². The Morgan fingerprint density at radius 3 is 2.18 bits per heavy atom. The van der Waals surface area contributed by atoms with Crippen molar-refractivity contribution >= 4 is 29.6 Å². The molecule has 0 unspecified atom stereocenters. The molecule has 0 fully saturated rings. The molecule has 0 aromatic rings. The Hall–Kier alpha value is -1.04. The minimum Gasteiger partial charge on any atom is -0.444 e. The summed E-state index contributed by atoms with van der Waals surface area (Å²) in [7, 11) is 0. The molecule has 17 heavy (non-hydrogen) atoms. The number of Topliss-reactive ketones (excluding diaryl/α,β-unsaturated/α-hetero) is 1. The molecule has 0 spiro atoms. The lowest BCUT2D eigenvalue weighted by Gasteiger charge is -2.21. The van der Waals surface area contributed by atoms with Gasteiger partial charge in [-0.3, -0.25) is 9.59 Å². The second kappa shape index (κ2) is 6.64. The molecule has 0 radical (unpaired) electrons. The molecule has 0 aliphatic carbocycles. The smallest absolute Gasteiger partial charge is 0.408 e. The van der Waals surface area contributed by atoms with Crippen LogP contribution in [0.5, 0.6) is 0 Å². The van der Waals surface area contributed by atoms with Crippen LogP contribution < -0.4 is 5.32 Å². The second-order valence-corrected chi connectivity index (χ2v) is 5.23. The van der Waals surface area contributed by atoms with E-state index in [1.54, 1.807) is 27.7 Å². The molecule has 0 saturated carbocycles. The number of nitrogens with one attached hydrogen (secondary N) is 1. The maximum atomic E-state index is 11.5. The van der Waals surface area contributed by atoms with Crippen molar-refractivity contribution in [3.63, 3.8) is 0 Å². The van der Waals surface area contributed by atoms with Gasteiger partial charge >= 0.3 is 6.09 Å². The minimum atomic E-state index is -0.669. The zero-order valence-electron chi connectivity index (χ0n) is 10.6. The van der Waals surface area contributed by atoms with Crippen LogP contribution in [0.15, 0.2) is 0 Å². The molecule has 0 heterocycles. The van der Waals surface area contributed by atoms with Gasteiger partial charge in [0.15, 0.2) is 10.9 Å². The van der Waals surface area contributed by atoms with Crippen molar-refractivity contribution in [2.24, 2.45) is 0 Å². The van der Waals surface area contributed by atoms with Gasteiger partial charge < -0.3 is 10.1 Å². The van der Waals surface area contributed by atoms with Gasteiger partial charge in [-0.15, -0.1) is 12.6 Å². The summed E-state index contributed by atoms with van der Waals surface area (Å²) in [6.07, 6.45) is -0.503. The van der Waals surface area contributed by atoms with Gasteiger partial charge in [0.25, 0.3) is 0 Å². The van der Waals surface area contributed by atoms with Gasteiger partial charge in [0, 0.05) is 12.8 Å². The first-order chi connectivity index (χ1) is 7.61. The maximum Gasteiger partial charge on any atom is 0.408 e. The van der Waals surface area contributed by atoms with Crippen LogP contribution in [0.2, 0.25) is 0 Å². The molecule has 0 saturated heterocycles. The van der Waals surface area contributed by atoms with Gasteiger partial charge in [-0.1, -0.05) is 0 Å². The highest BCUT2D eigenvalue weighted by Crippen LogP contribution is 2.07. The van der Waals surface area contributed by atoms with E-state index in [2.05, 4.69) is 17.9 Å². The number of hydrogen-bond acceptors (Lipinski definition) is 4. The van der Waals surface area contributed by atoms with Gasteiger partial charge in [0.05, 0.1) is 6.04 Å². The van der Waals surface area contributed by atoms with Crippen LogP contribution in [0.1, 0.15) is 40.5 Å². The fourth-order valence-electron chi connectivity index (χ4n) is 1.01. The van der Waals surface area contributed by atoms with Gasteiger partial charge in [0.1, 0.15) is 5.60 Å². The number of hydrogen-bond donors (Lipinski definition) is 2. The summed E-state index contributed by atoms with van der Waals surface area (Å²) in [5.74, 6) is -0.224. The molecule has 1 N–H and O–H groups in total. The van der Waals surface area contributed by atoms with Crippen LogP contribution in [0.3, 0.4) is 0 Å². The first-order valence-electron chi connectivity index (χ1n) is 5.36. The van der Waals surface area contributed by atoms with Crippen molar-refractivity contribution in [1.29, 1.82) is 0 Å². The van der Waals surface area contributed by atoms with E-state index in [1.165, 1.54) is 0 Å². The molecule has 0 aromatic heterocycles. The number of carbonyl (C=O) groups excluding carboxylic acids is 3. The predicted molar refractivity (Wildman–Crippen MR) is 67.1 cm³/mol. The van der Waals surface area contributed by atoms with Crippen molar-refractivity contribution in [3.8, 4) is 0 Å². The molecule has 0 aliphatic rings. The molecule has 1 amide bonds. The van der Waals surface area contributed by atoms with Crippen molar-refractivity contribution in [3.05, 3.63) is 0 Å². The summed E-state index contributed by atoms with van der Waals surface area (Å²) in [6.45, 7) is 6.76. The van der Waals surface area contributed by atoms with E-state index >= 15 is 0 Å². The average molecular weight is 261 g/mol. The highest BCUT2D eigenvalue weighted by atomic mass is 32.1. The summed E-state index contributed by atoms with van der Waals surface area (Å²) in [5.41, 5.74) is -0.603. The Balaban J connectivity index is 4.08. The van der Waals surface area contributed by atoms with E-state index in [4.69, 9.17) is 4.74 Å². The van der Waals surface area contributed by atoms with Crippen LogP contribution in [-0.4, -0.2) is 28.6 Å². The Morgan fingerprint density at radius 1 is 1.24 bits per heavy atom. The van der Waals surface area contributed by atoms with Crippen LogP contribution >= 0.6 is 12.6 Å². The second-order valence-electron chi connectivity index (χ2n) is 4.73. The van der Waals surface area contributed by atoms with Crippen molar-refractivity contribution in [1.82, 2.24) is 5.32 Å². The van der Waals surface area contributed by atoms with Crippen LogP contribution in [-0.2, 0) is 14.3 Å². The molecule has 1 atom stereocenters. The third-order valence-corrected chi connectivity index (χ3v) is 2.03. The Bertz CT molecular complexity index is 309. The molecule has 6 heteroatoms. The number of ether oxygens (including phenoxy) is 1. The summed E-state index contributed by atoms with van der Waals surface area (Å²) < 4.78 is 5.00. The zero-order valence-corrected chi connectivity index (χ0v) is 11.5. The molecule has 0 bridgehead atoms. The summed E-state index contributed by atoms with van der Waals surface area (Å²) in [6, 6.07) is -0.669. The van der Waals surface area contributed by atoms with E-state index in [9.17, 15) is 14.4 Å². The quantitative estimate of drug-likeness (QED) is 0.739. The number of alkyl carbamates (subject to hydrolysis) is 1. The van der Waals surface area contributed by atoms with E-state index in [-0.39, 0.29) is 23.7 Å². The predicted octanol–water partition coefficient (Wildman–Crippen LogP) is 1.71. The zero-order chi connectivity index (χ0) is 13.6. The summed E-state index contributed by atoms with van der Waals surface area (Å²) in [4.78, 5) is 33.4. The van der Waals surface area contributed by atoms with Gasteiger partial charge in [-0.05, 0) is 27.7 Å². The Kier molecular flexibility index (Phi) is 6.23. The first-order valence-corrected chi connectivity index (χ1v) is 5.80. The number of ketones is 1. The summed E-state index contributed by atoms with van der Waals surface area (Å²) >= 11 is 3.56. The molecule has 98 valence electrons. The Morgan fingerprint density at radius 2 is 1.76 bits per heavy atom. The molecule has 0 rings (SSSR count). The fraction of sp³-hybridized carbons (Fsp3) is 0.727. The summed E-state index contributed by atoms with van der Waals surface area (Å²) in [5, 5.41) is 2.07. The maximum absolute atomic E-state index is 11.5. The Labute approximate surface area is 107 Å². The topological polar surface area (TPSA) is 72.5 Å². The molecular weight excluding hydrogens is 242 g/mol. The third-order valence-electron chi connectivity index (χ3n) is 1.80. The van der Waals surface area contributed by atoms with Crippen LogP contribution in [0.25, 0.3) is 0 Å². The van der Waals surface area contributed by atoms with E-state index in [1.807, 2.05) is 0 Å². The third kappa shape index (κ3) is 8.74. The highest BCUT2D eigenvalue weighted by Gasteiger charge is 2.20. The van der Waals surface area contributed by atoms with Crippen molar-refractivity contribution < 1.29 is 19.1 Å². The standard InChI is InChI=1S/C11H19NO4S/c1-7(8(13)5-6-9(14)17)12-10(15)16-11(2,3)4/h7H,5-6H2,1-4H3,(H,12,15)(H,14,17)/t7-/m0/s1. The minimum absolute atomic E-state index is 0.0687. The largest absolute Gasteiger partial charge is 0.444 e. The number of rotatable bonds is 5. The number of amides is 1. The van der Waals surface area contributed by atoms with E-state index < -0.39 is 17.7 Å². The van der Waals surface area contributed by atoms with Gasteiger partial charge in [0.2, 0.25) is 0 Å². The fourth-order valence-corrected chi connectivity index (χ4v) is 1.12. The number of carbonyl (C=O) groups is 3. The highest BCUT2D eigenvalue weighted by molar-refractivity contribution is 7.96. The molecule has 0 aromatic carbocycles. The van der Waals surface area contributed by atoms with Gasteiger partial charge in [-0.25, -0.2) is 4.79 Å².